The molecule has 0 aliphatic carbocycles. The van der Waals surface area contributed by atoms with Gasteiger partial charge in [-0.1, -0.05) is 6.92 Å². The molecule has 0 fully saturated rings. The fourth-order valence-electron chi connectivity index (χ4n) is 2.74. The predicted molar refractivity (Wildman–Crippen MR) is 93.3 cm³/mol. The van der Waals surface area contributed by atoms with Crippen LogP contribution in [-0.4, -0.2) is 24.3 Å². The topological polar surface area (TPSA) is 68.5 Å². The van der Waals surface area contributed by atoms with E-state index >= 15 is 0 Å². The Morgan fingerprint density at radius 1 is 1.40 bits per heavy atom. The largest absolute Gasteiger partial charge is 0.300 e. The number of aromatic amines is 1. The number of aromatic nitrogens is 5. The van der Waals surface area contributed by atoms with Gasteiger partial charge in [0, 0.05) is 30.4 Å². The summed E-state index contributed by atoms with van der Waals surface area (Å²) < 4.78 is 30.7. The van der Waals surface area contributed by atoms with Gasteiger partial charge < -0.3 is 0 Å². The van der Waals surface area contributed by atoms with Gasteiger partial charge in [0.15, 0.2) is 4.77 Å². The van der Waals surface area contributed by atoms with Crippen LogP contribution in [0, 0.1) is 4.77 Å². The lowest BCUT2D eigenvalue weighted by Crippen LogP contribution is -2.19. The first-order chi connectivity index (χ1) is 11.8. The molecule has 0 saturated carbocycles. The van der Waals surface area contributed by atoms with Crippen LogP contribution in [0.2, 0.25) is 0 Å². The van der Waals surface area contributed by atoms with Gasteiger partial charge in [-0.05, 0) is 31.6 Å². The average Bonchev–Trinajstić information content (AvgIpc) is 2.99. The lowest BCUT2D eigenvalue weighted by molar-refractivity contribution is 0.153. The monoisotopic (exact) mass is 365 g/mol. The molecule has 1 atom stereocenters. The third-order valence-corrected chi connectivity index (χ3v) is 4.49. The van der Waals surface area contributed by atoms with Crippen LogP contribution in [0.5, 0.6) is 0 Å². The maximum Gasteiger partial charge on any atom is 0.264 e. The van der Waals surface area contributed by atoms with E-state index in [9.17, 15) is 13.6 Å². The van der Waals surface area contributed by atoms with Gasteiger partial charge in [0.1, 0.15) is 5.65 Å². The van der Waals surface area contributed by atoms with Crippen LogP contribution in [-0.2, 0) is 7.05 Å². The second kappa shape index (κ2) is 6.47. The van der Waals surface area contributed by atoms with Crippen LogP contribution in [0.25, 0.3) is 22.3 Å². The zero-order valence-corrected chi connectivity index (χ0v) is 14.8. The van der Waals surface area contributed by atoms with E-state index in [-0.39, 0.29) is 27.4 Å². The number of halogens is 2. The molecule has 3 rings (SSSR count). The average molecular weight is 365 g/mol. The fraction of sp³-hybridized carbons (Fsp3) is 0.375. The Morgan fingerprint density at radius 2 is 2.12 bits per heavy atom. The van der Waals surface area contributed by atoms with Crippen molar-refractivity contribution in [3.05, 3.63) is 39.1 Å². The molecule has 1 N–H and O–H groups in total. The predicted octanol–water partition coefficient (Wildman–Crippen LogP) is 3.76. The number of nitrogens with zero attached hydrogens (tertiary/aromatic N) is 4. The first-order valence-electron chi connectivity index (χ1n) is 7.80. The smallest absolute Gasteiger partial charge is 0.264 e. The van der Waals surface area contributed by atoms with Crippen molar-refractivity contribution in [1.29, 1.82) is 0 Å². The minimum atomic E-state index is -2.82. The summed E-state index contributed by atoms with van der Waals surface area (Å²) in [6.07, 6.45) is 1.11. The molecule has 132 valence electrons. The highest BCUT2D eigenvalue weighted by Crippen LogP contribution is 2.30. The molecule has 1 unspecified atom stereocenters. The van der Waals surface area contributed by atoms with Gasteiger partial charge in [-0.25, -0.2) is 13.8 Å². The molecule has 0 spiro atoms. The normalized spacial score (nSPS) is 12.9. The van der Waals surface area contributed by atoms with E-state index in [0.29, 0.717) is 17.7 Å². The summed E-state index contributed by atoms with van der Waals surface area (Å²) >= 11 is 5.25. The summed E-state index contributed by atoms with van der Waals surface area (Å²) in [5.41, 5.74) is 0.0677. The highest BCUT2D eigenvalue weighted by atomic mass is 32.1. The number of nitrogens with one attached hydrogen (secondary N) is 1. The number of alkyl halides is 2. The molecule has 6 nitrogen and oxygen atoms in total. The number of pyridine rings is 1. The second-order valence-electron chi connectivity index (χ2n) is 5.89. The Hall–Kier alpha value is -2.42. The van der Waals surface area contributed by atoms with Crippen LogP contribution in [0.15, 0.2) is 23.3 Å². The maximum atomic E-state index is 13.7. The van der Waals surface area contributed by atoms with E-state index in [4.69, 9.17) is 12.2 Å². The highest BCUT2D eigenvalue weighted by Gasteiger charge is 2.21. The number of fused-ring (bicyclic) bond motifs is 1. The molecule has 0 aliphatic heterocycles. The minimum Gasteiger partial charge on any atom is -0.300 e. The van der Waals surface area contributed by atoms with Crippen LogP contribution in [0.4, 0.5) is 8.78 Å². The molecule has 3 aromatic heterocycles. The summed E-state index contributed by atoms with van der Waals surface area (Å²) in [7, 11) is 1.73. The molecule has 0 bridgehead atoms. The lowest BCUT2D eigenvalue weighted by atomic mass is 10.1. The molecular weight excluding hydrogens is 348 g/mol. The van der Waals surface area contributed by atoms with E-state index in [1.54, 1.807) is 28.7 Å². The Kier molecular flexibility index (Phi) is 4.51. The number of aryl methyl sites for hydroxylation is 1. The quantitative estimate of drug-likeness (QED) is 0.715. The Bertz CT molecular complexity index is 1050. The first-order valence-corrected chi connectivity index (χ1v) is 8.21. The molecular formula is C16H17F2N5OS. The summed E-state index contributed by atoms with van der Waals surface area (Å²) in [6, 6.07) is 1.14. The molecule has 0 aromatic carbocycles. The van der Waals surface area contributed by atoms with Crippen molar-refractivity contribution in [1.82, 2.24) is 24.3 Å². The Balaban J connectivity index is 2.47. The van der Waals surface area contributed by atoms with Gasteiger partial charge in [-0.3, -0.25) is 19.0 Å². The van der Waals surface area contributed by atoms with E-state index in [2.05, 4.69) is 15.1 Å². The van der Waals surface area contributed by atoms with Crippen LogP contribution < -0.4 is 5.56 Å². The van der Waals surface area contributed by atoms with Crippen molar-refractivity contribution in [2.75, 3.05) is 0 Å². The summed E-state index contributed by atoms with van der Waals surface area (Å²) in [5.74, 6) is 0. The second-order valence-corrected chi connectivity index (χ2v) is 6.27. The number of hydrogen-bond donors (Lipinski definition) is 1. The number of rotatable bonds is 4. The highest BCUT2D eigenvalue weighted by molar-refractivity contribution is 7.71. The summed E-state index contributed by atoms with van der Waals surface area (Å²) in [5, 5.41) is 3.92. The van der Waals surface area contributed by atoms with Gasteiger partial charge in [0.2, 0.25) is 0 Å². The Labute approximate surface area is 147 Å². The lowest BCUT2D eigenvalue weighted by Gasteiger charge is -2.18. The van der Waals surface area contributed by atoms with E-state index in [1.165, 1.54) is 6.07 Å². The molecule has 0 saturated heterocycles. The molecule has 25 heavy (non-hydrogen) atoms. The number of H-pyrrole nitrogens is 1. The van der Waals surface area contributed by atoms with Crippen LogP contribution in [0.3, 0.4) is 0 Å². The first kappa shape index (κ1) is 17.4. The summed E-state index contributed by atoms with van der Waals surface area (Å²) in [6.45, 7) is 3.84. The van der Waals surface area contributed by atoms with Crippen molar-refractivity contribution in [3.8, 4) is 11.3 Å². The van der Waals surface area contributed by atoms with Crippen molar-refractivity contribution in [2.24, 2.45) is 7.05 Å². The minimum absolute atomic E-state index is 0.103. The van der Waals surface area contributed by atoms with Crippen molar-refractivity contribution in [2.45, 2.75) is 32.7 Å². The SMILES string of the molecule is CCC(C)n1c(=S)[nH]c(=O)c2c(C(F)F)cc(-c3cnn(C)c3)nc21. The van der Waals surface area contributed by atoms with Gasteiger partial charge in [-0.15, -0.1) is 0 Å². The van der Waals surface area contributed by atoms with Crippen molar-refractivity contribution in [3.63, 3.8) is 0 Å². The van der Waals surface area contributed by atoms with Gasteiger partial charge >= 0.3 is 0 Å². The fourth-order valence-corrected chi connectivity index (χ4v) is 3.10. The molecule has 0 amide bonds. The van der Waals surface area contributed by atoms with Crippen LogP contribution >= 0.6 is 12.2 Å². The molecule has 9 heteroatoms. The van der Waals surface area contributed by atoms with E-state index in [0.717, 1.165) is 0 Å². The maximum absolute atomic E-state index is 13.7. The molecule has 0 aliphatic rings. The molecule has 0 radical (unpaired) electrons. The van der Waals surface area contributed by atoms with Crippen LogP contribution in [0.1, 0.15) is 38.3 Å². The van der Waals surface area contributed by atoms with E-state index in [1.807, 2.05) is 13.8 Å². The van der Waals surface area contributed by atoms with Gasteiger partial charge in [-0.2, -0.15) is 5.10 Å². The van der Waals surface area contributed by atoms with E-state index < -0.39 is 12.0 Å². The zero-order valence-electron chi connectivity index (χ0n) is 14.0. The van der Waals surface area contributed by atoms with Gasteiger partial charge in [0.25, 0.3) is 12.0 Å². The molecule has 3 heterocycles. The third kappa shape index (κ3) is 2.99. The summed E-state index contributed by atoms with van der Waals surface area (Å²) in [4.78, 5) is 19.3. The van der Waals surface area contributed by atoms with Crippen molar-refractivity contribution < 1.29 is 8.78 Å². The zero-order chi connectivity index (χ0) is 18.3. The van der Waals surface area contributed by atoms with Crippen molar-refractivity contribution >= 4 is 23.3 Å². The number of hydrogen-bond acceptors (Lipinski definition) is 4. The Morgan fingerprint density at radius 3 is 2.68 bits per heavy atom. The molecule has 3 aromatic rings. The standard InChI is InChI=1S/C16H17F2N5OS/c1-4-8(2)23-14-12(15(24)21-16(23)25)10(13(17)18)5-11(20-14)9-6-19-22(3)7-9/h5-8,13H,4H2,1-3H3,(H,21,24,25). The third-order valence-electron chi connectivity index (χ3n) is 4.19. The van der Waals surface area contributed by atoms with Gasteiger partial charge in [0.05, 0.1) is 17.3 Å².